The third kappa shape index (κ3) is 4.17. The van der Waals surface area contributed by atoms with Crippen molar-refractivity contribution in [3.05, 3.63) is 48.3 Å². The summed E-state index contributed by atoms with van der Waals surface area (Å²) in [7, 11) is 0. The fourth-order valence-electron chi connectivity index (χ4n) is 2.10. The second-order valence-corrected chi connectivity index (χ2v) is 6.10. The summed E-state index contributed by atoms with van der Waals surface area (Å²) in [6, 6.07) is 9.92. The number of nitrogens with zero attached hydrogens (tertiary/aromatic N) is 2. The molecule has 4 nitrogen and oxygen atoms in total. The molecule has 112 valence electrons. The third-order valence-electron chi connectivity index (χ3n) is 3.41. The first-order valence-corrected chi connectivity index (χ1v) is 8.21. The highest BCUT2D eigenvalue weighted by Crippen LogP contribution is 2.11. The van der Waals surface area contributed by atoms with Crippen molar-refractivity contribution in [3.8, 4) is 5.69 Å². The molecule has 2 rings (SSSR count). The molecule has 0 saturated carbocycles. The van der Waals surface area contributed by atoms with Crippen molar-refractivity contribution in [1.29, 1.82) is 0 Å². The van der Waals surface area contributed by atoms with Crippen LogP contribution in [-0.2, 0) is 0 Å². The number of para-hydroxylation sites is 1. The van der Waals surface area contributed by atoms with Gasteiger partial charge in [0, 0.05) is 17.6 Å². The Balaban J connectivity index is 2.08. The molecule has 1 atom stereocenters. The van der Waals surface area contributed by atoms with E-state index in [0.29, 0.717) is 11.5 Å². The second-order valence-electron chi connectivity index (χ2n) is 5.31. The number of rotatable bonds is 6. The van der Waals surface area contributed by atoms with E-state index in [9.17, 15) is 4.79 Å². The Hall–Kier alpha value is -1.62. The molecule has 1 N–H and O–H groups in total. The van der Waals surface area contributed by atoms with Crippen molar-refractivity contribution < 1.29 is 4.79 Å². The summed E-state index contributed by atoms with van der Waals surface area (Å²) < 4.78 is 1.71. The van der Waals surface area contributed by atoms with Crippen molar-refractivity contribution in [2.24, 2.45) is 5.92 Å². The fraction of sp³-hybridized carbons (Fsp3) is 0.375. The van der Waals surface area contributed by atoms with Gasteiger partial charge < -0.3 is 5.32 Å². The molecule has 1 aromatic heterocycles. The average Bonchev–Trinajstić information content (AvgIpc) is 2.97. The lowest BCUT2D eigenvalue weighted by Gasteiger charge is -2.21. The van der Waals surface area contributed by atoms with Crippen LogP contribution in [0.15, 0.2) is 42.7 Å². The minimum atomic E-state index is -0.0724. The van der Waals surface area contributed by atoms with E-state index in [4.69, 9.17) is 0 Å². The molecular weight excluding hydrogens is 330 g/mol. The monoisotopic (exact) mass is 349 g/mol. The molecule has 0 aliphatic carbocycles. The summed E-state index contributed by atoms with van der Waals surface area (Å²) in [5.74, 6) is 0.326. The van der Waals surface area contributed by atoms with Crippen LogP contribution in [-0.4, -0.2) is 27.1 Å². The minimum absolute atomic E-state index is 0.0724. The summed E-state index contributed by atoms with van der Waals surface area (Å²) in [6.07, 6.45) is 4.28. The quantitative estimate of drug-likeness (QED) is 0.812. The summed E-state index contributed by atoms with van der Waals surface area (Å²) in [5, 5.41) is 8.20. The van der Waals surface area contributed by atoms with Gasteiger partial charge in [0.15, 0.2) is 0 Å². The Morgan fingerprint density at radius 3 is 2.67 bits per heavy atom. The smallest absolute Gasteiger partial charge is 0.254 e. The summed E-state index contributed by atoms with van der Waals surface area (Å²) in [5.41, 5.74) is 1.52. The van der Waals surface area contributed by atoms with Crippen LogP contribution in [0.25, 0.3) is 5.69 Å². The van der Waals surface area contributed by atoms with E-state index in [-0.39, 0.29) is 11.9 Å². The molecule has 0 aliphatic rings. The first kappa shape index (κ1) is 15.8. The average molecular weight is 350 g/mol. The van der Waals surface area contributed by atoms with Crippen LogP contribution in [0, 0.1) is 5.92 Å². The van der Waals surface area contributed by atoms with Crippen molar-refractivity contribution >= 4 is 21.8 Å². The number of hydrogen-bond acceptors (Lipinski definition) is 2. The van der Waals surface area contributed by atoms with Gasteiger partial charge in [-0.2, -0.15) is 5.10 Å². The third-order valence-corrected chi connectivity index (χ3v) is 3.86. The summed E-state index contributed by atoms with van der Waals surface area (Å²) >= 11 is 3.43. The van der Waals surface area contributed by atoms with Gasteiger partial charge >= 0.3 is 0 Å². The largest absolute Gasteiger partial charge is 0.349 e. The van der Waals surface area contributed by atoms with Crippen LogP contribution in [0.1, 0.15) is 30.6 Å². The number of hydrogen-bond donors (Lipinski definition) is 1. The Morgan fingerprint density at radius 2 is 2.05 bits per heavy atom. The number of aromatic nitrogens is 2. The Labute approximate surface area is 133 Å². The van der Waals surface area contributed by atoms with Gasteiger partial charge in [-0.15, -0.1) is 0 Å². The molecule has 0 saturated heterocycles. The molecule has 0 fully saturated rings. The van der Waals surface area contributed by atoms with Gasteiger partial charge in [-0.3, -0.25) is 4.79 Å². The molecule has 21 heavy (non-hydrogen) atoms. The lowest BCUT2D eigenvalue weighted by atomic mass is 10.0. The van der Waals surface area contributed by atoms with E-state index >= 15 is 0 Å². The van der Waals surface area contributed by atoms with E-state index < -0.39 is 0 Å². The molecule has 5 heteroatoms. The number of carbonyl (C=O) groups is 1. The van der Waals surface area contributed by atoms with Gasteiger partial charge in [-0.1, -0.05) is 48.0 Å². The number of alkyl halides is 1. The number of amides is 1. The first-order chi connectivity index (χ1) is 10.1. The standard InChI is InChI=1S/C16H20BrN3O/c1-12(2)15(8-9-17)19-16(21)13-10-18-20(11-13)14-6-4-3-5-7-14/h3-7,10-12,15H,8-9H2,1-2H3,(H,19,21). The highest BCUT2D eigenvalue weighted by Gasteiger charge is 2.17. The van der Waals surface area contributed by atoms with E-state index in [1.165, 1.54) is 0 Å². The van der Waals surface area contributed by atoms with E-state index in [1.54, 1.807) is 17.1 Å². The lowest BCUT2D eigenvalue weighted by molar-refractivity contribution is 0.0925. The number of halogens is 1. The number of carbonyl (C=O) groups excluding carboxylic acids is 1. The topological polar surface area (TPSA) is 46.9 Å². The van der Waals surface area contributed by atoms with Crippen LogP contribution in [0.3, 0.4) is 0 Å². The van der Waals surface area contributed by atoms with E-state index in [0.717, 1.165) is 17.4 Å². The molecule has 1 unspecified atom stereocenters. The van der Waals surface area contributed by atoms with Gasteiger partial charge in [-0.05, 0) is 24.5 Å². The van der Waals surface area contributed by atoms with Gasteiger partial charge in [-0.25, -0.2) is 4.68 Å². The zero-order chi connectivity index (χ0) is 15.2. The Kier molecular flexibility index (Phi) is 5.56. The number of nitrogens with one attached hydrogen (secondary N) is 1. The van der Waals surface area contributed by atoms with Crippen LogP contribution in [0.5, 0.6) is 0 Å². The predicted octanol–water partition coefficient (Wildman–Crippen LogP) is 3.41. The first-order valence-electron chi connectivity index (χ1n) is 7.08. The molecule has 1 heterocycles. The molecule has 1 amide bonds. The number of benzene rings is 1. The minimum Gasteiger partial charge on any atom is -0.349 e. The van der Waals surface area contributed by atoms with Crippen LogP contribution in [0.4, 0.5) is 0 Å². The lowest BCUT2D eigenvalue weighted by Crippen LogP contribution is -2.38. The van der Waals surface area contributed by atoms with Crippen molar-refractivity contribution in [2.45, 2.75) is 26.3 Å². The van der Waals surface area contributed by atoms with Gasteiger partial charge in [0.05, 0.1) is 17.4 Å². The van der Waals surface area contributed by atoms with Crippen molar-refractivity contribution in [1.82, 2.24) is 15.1 Å². The molecule has 0 aliphatic heterocycles. The second kappa shape index (κ2) is 7.41. The maximum atomic E-state index is 12.3. The van der Waals surface area contributed by atoms with Gasteiger partial charge in [0.1, 0.15) is 0 Å². The molecule has 2 aromatic rings. The SMILES string of the molecule is CC(C)C(CCBr)NC(=O)c1cnn(-c2ccccc2)c1. The molecule has 1 aromatic carbocycles. The fourth-order valence-corrected chi connectivity index (χ4v) is 2.60. The Bertz CT molecular complexity index is 580. The van der Waals surface area contributed by atoms with Crippen molar-refractivity contribution in [3.63, 3.8) is 0 Å². The van der Waals surface area contributed by atoms with Crippen molar-refractivity contribution in [2.75, 3.05) is 5.33 Å². The normalized spacial score (nSPS) is 12.4. The maximum absolute atomic E-state index is 12.3. The van der Waals surface area contributed by atoms with E-state index in [2.05, 4.69) is 40.2 Å². The van der Waals surface area contributed by atoms with Crippen LogP contribution < -0.4 is 5.32 Å². The maximum Gasteiger partial charge on any atom is 0.254 e. The van der Waals surface area contributed by atoms with E-state index in [1.807, 2.05) is 30.3 Å². The zero-order valence-corrected chi connectivity index (χ0v) is 13.9. The van der Waals surface area contributed by atoms with Crippen LogP contribution >= 0.6 is 15.9 Å². The Morgan fingerprint density at radius 1 is 1.33 bits per heavy atom. The molecule has 0 radical (unpaired) electrons. The molecular formula is C16H20BrN3O. The zero-order valence-electron chi connectivity index (χ0n) is 12.3. The summed E-state index contributed by atoms with van der Waals surface area (Å²) in [4.78, 5) is 12.3. The summed E-state index contributed by atoms with van der Waals surface area (Å²) in [6.45, 7) is 4.22. The predicted molar refractivity (Wildman–Crippen MR) is 88.1 cm³/mol. The molecule has 0 spiro atoms. The van der Waals surface area contributed by atoms with Crippen LogP contribution in [0.2, 0.25) is 0 Å². The highest BCUT2D eigenvalue weighted by atomic mass is 79.9. The molecule has 0 bridgehead atoms. The van der Waals surface area contributed by atoms with Gasteiger partial charge in [0.25, 0.3) is 5.91 Å². The highest BCUT2D eigenvalue weighted by molar-refractivity contribution is 9.09. The van der Waals surface area contributed by atoms with Gasteiger partial charge in [0.2, 0.25) is 0 Å².